The third-order valence-electron chi connectivity index (χ3n) is 3.34. The van der Waals surface area contributed by atoms with Crippen molar-refractivity contribution in [3.05, 3.63) is 29.3 Å². The van der Waals surface area contributed by atoms with E-state index in [1.165, 1.54) is 30.4 Å². The zero-order valence-electron chi connectivity index (χ0n) is 11.5. The first kappa shape index (κ1) is 12.9. The van der Waals surface area contributed by atoms with Crippen LogP contribution in [-0.4, -0.2) is 12.0 Å². The Hall–Kier alpha value is -1.51. The molecule has 98 valence electrons. The second kappa shape index (κ2) is 5.42. The summed E-state index contributed by atoms with van der Waals surface area (Å²) in [6.07, 6.45) is 3.70. The van der Waals surface area contributed by atoms with Crippen LogP contribution >= 0.6 is 0 Å². The summed E-state index contributed by atoms with van der Waals surface area (Å²) in [4.78, 5) is 4.53. The topological polar surface area (TPSA) is 50.4 Å². The highest BCUT2D eigenvalue weighted by Crippen LogP contribution is 2.37. The van der Waals surface area contributed by atoms with Crippen LogP contribution in [0.4, 0.5) is 5.69 Å². The van der Waals surface area contributed by atoms with Gasteiger partial charge < -0.3 is 11.1 Å². The highest BCUT2D eigenvalue weighted by Gasteiger charge is 2.35. The lowest BCUT2D eigenvalue weighted by molar-refractivity contribution is 0.683. The number of nitrogens with one attached hydrogen (secondary N) is 1. The standard InChI is InChI=1S/C15H23N3/c1-4-5-12-9-14(12)18-15(16)17-13-7-10(2)6-11(3)8-13/h6-8,12,14H,4-5,9H2,1-3H3,(H3,16,17,18)/t12-,14-/m1/s1. The second-order valence-corrected chi connectivity index (χ2v) is 5.37. The van der Waals surface area contributed by atoms with E-state index in [0.29, 0.717) is 12.0 Å². The summed E-state index contributed by atoms with van der Waals surface area (Å²) in [5.74, 6) is 1.30. The van der Waals surface area contributed by atoms with Crippen LogP contribution in [0.25, 0.3) is 0 Å². The van der Waals surface area contributed by atoms with Gasteiger partial charge >= 0.3 is 0 Å². The van der Waals surface area contributed by atoms with Gasteiger partial charge in [-0.3, -0.25) is 0 Å². The van der Waals surface area contributed by atoms with Gasteiger partial charge in [0.05, 0.1) is 6.04 Å². The third-order valence-corrected chi connectivity index (χ3v) is 3.34. The van der Waals surface area contributed by atoms with E-state index in [1.54, 1.807) is 0 Å². The van der Waals surface area contributed by atoms with Crippen LogP contribution in [0.3, 0.4) is 0 Å². The number of benzene rings is 1. The van der Waals surface area contributed by atoms with Crippen LogP contribution in [0.2, 0.25) is 0 Å². The molecule has 0 radical (unpaired) electrons. The molecule has 0 saturated heterocycles. The summed E-state index contributed by atoms with van der Waals surface area (Å²) >= 11 is 0. The lowest BCUT2D eigenvalue weighted by Gasteiger charge is -2.07. The normalized spacial score (nSPS) is 22.9. The minimum absolute atomic E-state index is 0.448. The molecular weight excluding hydrogens is 222 g/mol. The molecule has 1 aromatic rings. The number of nitrogens with two attached hydrogens (primary N) is 1. The average molecular weight is 245 g/mol. The van der Waals surface area contributed by atoms with E-state index >= 15 is 0 Å². The number of hydrogen-bond acceptors (Lipinski definition) is 1. The second-order valence-electron chi connectivity index (χ2n) is 5.37. The Bertz CT molecular complexity index is 431. The van der Waals surface area contributed by atoms with Crippen molar-refractivity contribution in [3.63, 3.8) is 0 Å². The molecule has 1 aliphatic rings. The lowest BCUT2D eigenvalue weighted by Crippen LogP contribution is -2.23. The molecule has 18 heavy (non-hydrogen) atoms. The van der Waals surface area contributed by atoms with Gasteiger partial charge in [0.1, 0.15) is 0 Å². The first-order valence-corrected chi connectivity index (χ1v) is 6.77. The lowest BCUT2D eigenvalue weighted by atomic mass is 10.1. The van der Waals surface area contributed by atoms with Crippen molar-refractivity contribution >= 4 is 11.6 Å². The maximum atomic E-state index is 5.94. The summed E-state index contributed by atoms with van der Waals surface area (Å²) in [7, 11) is 0. The monoisotopic (exact) mass is 245 g/mol. The number of aryl methyl sites for hydroxylation is 2. The number of nitrogens with zero attached hydrogens (tertiary/aromatic N) is 1. The molecule has 0 unspecified atom stereocenters. The molecule has 3 heteroatoms. The maximum Gasteiger partial charge on any atom is 0.193 e. The zero-order valence-corrected chi connectivity index (χ0v) is 11.5. The molecule has 3 nitrogen and oxygen atoms in total. The molecule has 1 aromatic carbocycles. The van der Waals surface area contributed by atoms with Gasteiger partial charge in [0, 0.05) is 5.69 Å². The number of guanidine groups is 1. The van der Waals surface area contributed by atoms with Crippen molar-refractivity contribution in [2.45, 2.75) is 46.1 Å². The number of hydrogen-bond donors (Lipinski definition) is 2. The third kappa shape index (κ3) is 3.49. The Labute approximate surface area is 109 Å². The molecule has 0 aliphatic heterocycles. The van der Waals surface area contributed by atoms with Crippen molar-refractivity contribution in [1.29, 1.82) is 0 Å². The van der Waals surface area contributed by atoms with Gasteiger partial charge in [-0.1, -0.05) is 19.4 Å². The fourth-order valence-corrected chi connectivity index (χ4v) is 2.48. The molecule has 2 rings (SSSR count). The first-order valence-electron chi connectivity index (χ1n) is 6.77. The van der Waals surface area contributed by atoms with E-state index in [0.717, 1.165) is 11.6 Å². The van der Waals surface area contributed by atoms with Crippen LogP contribution in [0.5, 0.6) is 0 Å². The number of anilines is 1. The SMILES string of the molecule is CCC[C@@H]1C[C@H]1N=C(N)Nc1cc(C)cc(C)c1. The van der Waals surface area contributed by atoms with Crippen LogP contribution < -0.4 is 11.1 Å². The largest absolute Gasteiger partial charge is 0.370 e. The van der Waals surface area contributed by atoms with Gasteiger partial charge in [0.25, 0.3) is 0 Å². The minimum atomic E-state index is 0.448. The van der Waals surface area contributed by atoms with Crippen molar-refractivity contribution in [1.82, 2.24) is 0 Å². The maximum absolute atomic E-state index is 5.94. The Balaban J connectivity index is 1.95. The van der Waals surface area contributed by atoms with E-state index < -0.39 is 0 Å². The molecule has 0 bridgehead atoms. The quantitative estimate of drug-likeness (QED) is 0.632. The fourth-order valence-electron chi connectivity index (χ4n) is 2.48. The summed E-state index contributed by atoms with van der Waals surface area (Å²) in [6.45, 7) is 6.39. The van der Waals surface area contributed by atoms with E-state index in [9.17, 15) is 0 Å². The Morgan fingerprint density at radius 2 is 2.00 bits per heavy atom. The minimum Gasteiger partial charge on any atom is -0.370 e. The number of rotatable bonds is 4. The zero-order chi connectivity index (χ0) is 13.1. The van der Waals surface area contributed by atoms with Crippen molar-refractivity contribution in [2.24, 2.45) is 16.6 Å². The molecule has 3 N–H and O–H groups in total. The molecule has 1 aliphatic carbocycles. The van der Waals surface area contributed by atoms with Crippen molar-refractivity contribution in [3.8, 4) is 0 Å². The first-order chi connectivity index (χ1) is 8.58. The highest BCUT2D eigenvalue weighted by molar-refractivity contribution is 5.92. The smallest absolute Gasteiger partial charge is 0.193 e. The van der Waals surface area contributed by atoms with Crippen LogP contribution in [0, 0.1) is 19.8 Å². The molecule has 0 aromatic heterocycles. The van der Waals surface area contributed by atoms with Gasteiger partial charge in [0.2, 0.25) is 0 Å². The molecule has 0 amide bonds. The Morgan fingerprint density at radius 1 is 1.33 bits per heavy atom. The Morgan fingerprint density at radius 3 is 2.61 bits per heavy atom. The summed E-state index contributed by atoms with van der Waals surface area (Å²) < 4.78 is 0. The van der Waals surface area contributed by atoms with Crippen molar-refractivity contribution < 1.29 is 0 Å². The Kier molecular flexibility index (Phi) is 3.90. The predicted octanol–water partition coefficient (Wildman–Crippen LogP) is 3.22. The van der Waals surface area contributed by atoms with Crippen LogP contribution in [0.15, 0.2) is 23.2 Å². The average Bonchev–Trinajstić information content (AvgIpc) is 2.94. The molecule has 1 saturated carbocycles. The molecule has 2 atom stereocenters. The molecule has 1 fully saturated rings. The van der Waals surface area contributed by atoms with Gasteiger partial charge in [-0.2, -0.15) is 0 Å². The fraction of sp³-hybridized carbons (Fsp3) is 0.533. The summed E-state index contributed by atoms with van der Waals surface area (Å²) in [5, 5.41) is 3.19. The van der Waals surface area contributed by atoms with E-state index in [-0.39, 0.29) is 0 Å². The van der Waals surface area contributed by atoms with E-state index in [4.69, 9.17) is 5.73 Å². The highest BCUT2D eigenvalue weighted by atomic mass is 15.1. The predicted molar refractivity (Wildman–Crippen MR) is 78.0 cm³/mol. The van der Waals surface area contributed by atoms with Crippen LogP contribution in [-0.2, 0) is 0 Å². The molecule has 0 heterocycles. The molecular formula is C15H23N3. The number of aliphatic imine (C=N–C) groups is 1. The van der Waals surface area contributed by atoms with Gasteiger partial charge in [0.15, 0.2) is 5.96 Å². The van der Waals surface area contributed by atoms with Gasteiger partial charge in [-0.05, 0) is 55.9 Å². The van der Waals surface area contributed by atoms with Crippen LogP contribution in [0.1, 0.15) is 37.3 Å². The summed E-state index contributed by atoms with van der Waals surface area (Å²) in [5.41, 5.74) is 9.45. The van der Waals surface area contributed by atoms with E-state index in [2.05, 4.69) is 49.3 Å². The van der Waals surface area contributed by atoms with Gasteiger partial charge in [-0.15, -0.1) is 0 Å². The van der Waals surface area contributed by atoms with Crippen molar-refractivity contribution in [2.75, 3.05) is 5.32 Å². The van der Waals surface area contributed by atoms with Gasteiger partial charge in [-0.25, -0.2) is 4.99 Å². The summed E-state index contributed by atoms with van der Waals surface area (Å²) in [6, 6.07) is 6.78. The molecule has 0 spiro atoms. The van der Waals surface area contributed by atoms with E-state index in [1.807, 2.05) is 0 Å².